The number of carbonyl (C=O) groups is 1. The Hall–Kier alpha value is -3.49. The number of carbonyl (C=O) groups excluding carboxylic acids is 1. The van der Waals surface area contributed by atoms with Gasteiger partial charge in [0.05, 0.1) is 18.8 Å². The predicted octanol–water partition coefficient (Wildman–Crippen LogP) is 5.41. The van der Waals surface area contributed by atoms with Gasteiger partial charge < -0.3 is 30.1 Å². The number of aliphatic hydroxyl groups excluding tert-OH is 1. The van der Waals surface area contributed by atoms with Gasteiger partial charge in [0, 0.05) is 36.8 Å². The SMILES string of the molecule is C=CCN(C)CC1OC(c2ccc(NC(=O)NCc3ccccc3)cc2)OC(c2ccc(CO)cc2)C1C. The minimum atomic E-state index is -0.559. The van der Waals surface area contributed by atoms with Crippen LogP contribution < -0.4 is 10.6 Å². The minimum Gasteiger partial charge on any atom is -0.392 e. The first-order chi connectivity index (χ1) is 18.5. The Labute approximate surface area is 225 Å². The fourth-order valence-corrected chi connectivity index (χ4v) is 4.61. The summed E-state index contributed by atoms with van der Waals surface area (Å²) >= 11 is 0. The number of hydrogen-bond acceptors (Lipinski definition) is 5. The maximum Gasteiger partial charge on any atom is 0.319 e. The maximum atomic E-state index is 12.4. The van der Waals surface area contributed by atoms with Crippen LogP contribution in [0.5, 0.6) is 0 Å². The molecule has 0 saturated carbocycles. The Bertz CT molecular complexity index is 1170. The third-order valence-electron chi connectivity index (χ3n) is 6.79. The standard InChI is InChI=1S/C31H37N3O4/c1-4-18-34(3)20-28-22(2)29(25-12-10-24(21-35)11-13-25)38-30(37-28)26-14-16-27(17-15-26)33-31(36)32-19-23-8-6-5-7-9-23/h4-17,22,28-30,35H,1,18-21H2,2-3H3,(H2,32,33,36). The largest absolute Gasteiger partial charge is 0.392 e. The smallest absolute Gasteiger partial charge is 0.319 e. The average Bonchev–Trinajstić information content (AvgIpc) is 2.94. The number of aliphatic hydroxyl groups is 1. The number of hydrogen-bond donors (Lipinski definition) is 3. The van der Waals surface area contributed by atoms with Crippen LogP contribution in [0.25, 0.3) is 0 Å². The molecule has 38 heavy (non-hydrogen) atoms. The Morgan fingerprint density at radius 1 is 0.974 bits per heavy atom. The number of ether oxygens (including phenoxy) is 2. The lowest BCUT2D eigenvalue weighted by molar-refractivity contribution is -0.275. The molecule has 0 bridgehead atoms. The van der Waals surface area contributed by atoms with E-state index in [1.165, 1.54) is 0 Å². The van der Waals surface area contributed by atoms with Crippen LogP contribution in [0.3, 0.4) is 0 Å². The molecule has 1 aliphatic heterocycles. The summed E-state index contributed by atoms with van der Waals surface area (Å²) in [5.74, 6) is 0.104. The molecule has 4 unspecified atom stereocenters. The second-order valence-corrected chi connectivity index (χ2v) is 9.75. The maximum absolute atomic E-state index is 12.4. The van der Waals surface area contributed by atoms with Crippen molar-refractivity contribution in [1.82, 2.24) is 10.2 Å². The number of nitrogens with one attached hydrogen (secondary N) is 2. The van der Waals surface area contributed by atoms with Crippen molar-refractivity contribution in [3.05, 3.63) is 114 Å². The Balaban J connectivity index is 1.45. The van der Waals surface area contributed by atoms with E-state index in [1.54, 1.807) is 0 Å². The van der Waals surface area contributed by atoms with Crippen molar-refractivity contribution in [1.29, 1.82) is 0 Å². The third-order valence-corrected chi connectivity index (χ3v) is 6.79. The summed E-state index contributed by atoms with van der Waals surface area (Å²) in [6, 6.07) is 24.9. The summed E-state index contributed by atoms with van der Waals surface area (Å²) in [5, 5.41) is 15.2. The highest BCUT2D eigenvalue weighted by Gasteiger charge is 2.38. The molecule has 7 heteroatoms. The number of rotatable bonds is 10. The molecule has 2 amide bonds. The first-order valence-corrected chi connectivity index (χ1v) is 13.0. The molecule has 1 heterocycles. The zero-order chi connectivity index (χ0) is 26.9. The van der Waals surface area contributed by atoms with Gasteiger partial charge in [0.25, 0.3) is 0 Å². The molecular weight excluding hydrogens is 478 g/mol. The van der Waals surface area contributed by atoms with Gasteiger partial charge in [-0.15, -0.1) is 6.58 Å². The monoisotopic (exact) mass is 515 g/mol. The molecule has 4 atom stereocenters. The highest BCUT2D eigenvalue weighted by molar-refractivity contribution is 5.89. The van der Waals surface area contributed by atoms with Crippen molar-refractivity contribution >= 4 is 11.7 Å². The van der Waals surface area contributed by atoms with Gasteiger partial charge in [0.1, 0.15) is 0 Å². The van der Waals surface area contributed by atoms with Crippen LogP contribution in [0, 0.1) is 5.92 Å². The van der Waals surface area contributed by atoms with Crippen molar-refractivity contribution in [2.75, 3.05) is 25.5 Å². The fraction of sp³-hybridized carbons (Fsp3) is 0.323. The highest BCUT2D eigenvalue weighted by Crippen LogP contribution is 2.41. The molecule has 0 aromatic heterocycles. The summed E-state index contributed by atoms with van der Waals surface area (Å²) in [5.41, 5.74) is 4.51. The fourth-order valence-electron chi connectivity index (χ4n) is 4.61. The molecule has 3 aromatic rings. The predicted molar refractivity (Wildman–Crippen MR) is 149 cm³/mol. The van der Waals surface area contributed by atoms with E-state index in [2.05, 4.69) is 36.1 Å². The first kappa shape index (κ1) is 27.5. The molecule has 1 aliphatic rings. The van der Waals surface area contributed by atoms with Crippen LogP contribution in [-0.4, -0.2) is 42.3 Å². The van der Waals surface area contributed by atoms with Crippen molar-refractivity contribution < 1.29 is 19.4 Å². The van der Waals surface area contributed by atoms with Gasteiger partial charge in [-0.25, -0.2) is 4.79 Å². The normalized spacial score (nSPS) is 21.2. The molecular formula is C31H37N3O4. The van der Waals surface area contributed by atoms with Gasteiger partial charge in [-0.3, -0.25) is 0 Å². The Kier molecular flexibility index (Phi) is 9.67. The van der Waals surface area contributed by atoms with Gasteiger partial charge in [0.2, 0.25) is 0 Å². The van der Waals surface area contributed by atoms with E-state index in [1.807, 2.05) is 84.9 Å². The van der Waals surface area contributed by atoms with Gasteiger partial charge in [-0.2, -0.15) is 0 Å². The third kappa shape index (κ3) is 7.30. The zero-order valence-corrected chi connectivity index (χ0v) is 22.0. The molecule has 1 fully saturated rings. The van der Waals surface area contributed by atoms with Gasteiger partial charge in [-0.05, 0) is 35.9 Å². The molecule has 0 spiro atoms. The number of benzene rings is 3. The first-order valence-electron chi connectivity index (χ1n) is 13.0. The van der Waals surface area contributed by atoms with E-state index in [0.29, 0.717) is 12.2 Å². The second-order valence-electron chi connectivity index (χ2n) is 9.75. The highest BCUT2D eigenvalue weighted by atomic mass is 16.7. The molecule has 1 saturated heterocycles. The van der Waals surface area contributed by atoms with E-state index in [-0.39, 0.29) is 30.8 Å². The zero-order valence-electron chi connectivity index (χ0n) is 22.0. The van der Waals surface area contributed by atoms with Crippen molar-refractivity contribution in [2.24, 2.45) is 5.92 Å². The number of anilines is 1. The lowest BCUT2D eigenvalue weighted by Crippen LogP contribution is -2.43. The summed E-state index contributed by atoms with van der Waals surface area (Å²) in [7, 11) is 2.05. The lowest BCUT2D eigenvalue weighted by atomic mass is 9.90. The van der Waals surface area contributed by atoms with Crippen LogP contribution in [0.4, 0.5) is 10.5 Å². The molecule has 4 rings (SSSR count). The average molecular weight is 516 g/mol. The summed E-state index contributed by atoms with van der Waals surface area (Å²) in [6.07, 6.45) is 1.08. The van der Waals surface area contributed by atoms with Crippen LogP contribution in [0.1, 0.15) is 41.6 Å². The lowest BCUT2D eigenvalue weighted by Gasteiger charge is -2.42. The Morgan fingerprint density at radius 2 is 1.66 bits per heavy atom. The van der Waals surface area contributed by atoms with Crippen LogP contribution in [0.15, 0.2) is 91.5 Å². The Morgan fingerprint density at radius 3 is 2.32 bits per heavy atom. The molecule has 7 nitrogen and oxygen atoms in total. The number of nitrogens with zero attached hydrogens (tertiary/aromatic N) is 1. The van der Waals surface area contributed by atoms with E-state index in [9.17, 15) is 9.90 Å². The van der Waals surface area contributed by atoms with Gasteiger partial charge >= 0.3 is 6.03 Å². The summed E-state index contributed by atoms with van der Waals surface area (Å²) in [6.45, 7) is 7.96. The van der Waals surface area contributed by atoms with E-state index in [4.69, 9.17) is 9.47 Å². The number of amides is 2. The molecule has 200 valence electrons. The van der Waals surface area contributed by atoms with Crippen molar-refractivity contribution in [3.8, 4) is 0 Å². The van der Waals surface area contributed by atoms with E-state index < -0.39 is 6.29 Å². The number of likely N-dealkylation sites (N-methyl/N-ethyl adjacent to an activating group) is 1. The van der Waals surface area contributed by atoms with Gasteiger partial charge in [-0.1, -0.05) is 79.7 Å². The summed E-state index contributed by atoms with van der Waals surface area (Å²) in [4.78, 5) is 14.5. The molecule has 0 aliphatic carbocycles. The summed E-state index contributed by atoms with van der Waals surface area (Å²) < 4.78 is 13.0. The van der Waals surface area contributed by atoms with Gasteiger partial charge in [0.15, 0.2) is 6.29 Å². The van der Waals surface area contributed by atoms with Crippen LogP contribution in [-0.2, 0) is 22.6 Å². The number of urea groups is 1. The quantitative estimate of drug-likeness (QED) is 0.315. The van der Waals surface area contributed by atoms with Crippen molar-refractivity contribution in [3.63, 3.8) is 0 Å². The topological polar surface area (TPSA) is 83.1 Å². The second kappa shape index (κ2) is 13.3. The van der Waals surface area contributed by atoms with E-state index >= 15 is 0 Å². The van der Waals surface area contributed by atoms with Crippen molar-refractivity contribution in [2.45, 2.75) is 38.6 Å². The molecule has 3 aromatic carbocycles. The van der Waals surface area contributed by atoms with Crippen LogP contribution in [0.2, 0.25) is 0 Å². The minimum absolute atomic E-state index is 0.00668. The molecule has 0 radical (unpaired) electrons. The van der Waals surface area contributed by atoms with E-state index in [0.717, 1.165) is 35.3 Å². The molecule has 3 N–H and O–H groups in total. The van der Waals surface area contributed by atoms with Crippen LogP contribution >= 0.6 is 0 Å².